The van der Waals surface area contributed by atoms with Gasteiger partial charge >= 0.3 is 5.97 Å². The maximum absolute atomic E-state index is 11.2. The molecule has 0 aliphatic carbocycles. The number of hydrogen-bond donors (Lipinski definition) is 4. The number of nitrogens with two attached hydrogens (primary N) is 2. The second-order valence-electron chi connectivity index (χ2n) is 4.47. The predicted octanol–water partition coefficient (Wildman–Crippen LogP) is 0.326. The number of methoxy groups -OCH3 is 1. The summed E-state index contributed by atoms with van der Waals surface area (Å²) in [6, 6.07) is 3.79. The van der Waals surface area contributed by atoms with Crippen LogP contribution in [0.5, 0.6) is 11.5 Å². The Labute approximate surface area is 128 Å². The minimum atomic E-state index is -1.06. The van der Waals surface area contributed by atoms with Crippen LogP contribution in [-0.4, -0.2) is 48.1 Å². The van der Waals surface area contributed by atoms with Crippen LogP contribution in [0.4, 0.5) is 0 Å². The fraction of sp³-hybridized carbons (Fsp3) is 0.357. The molecule has 0 fully saturated rings. The van der Waals surface area contributed by atoms with Gasteiger partial charge in [-0.05, 0) is 25.0 Å². The summed E-state index contributed by atoms with van der Waals surface area (Å²) in [6.45, 7) is 0.335. The molecule has 1 rings (SSSR count). The molecule has 8 heteroatoms. The summed E-state index contributed by atoms with van der Waals surface area (Å²) in [5.41, 5.74) is 10.7. The monoisotopic (exact) mass is 308 g/mol. The van der Waals surface area contributed by atoms with Crippen LogP contribution in [0.15, 0.2) is 28.2 Å². The molecule has 0 amide bonds. The Morgan fingerprint density at radius 2 is 2.18 bits per heavy atom. The molecule has 0 saturated heterocycles. The number of benzene rings is 1. The number of carboxylic acid groups (broad SMARTS) is 1. The number of rotatable bonds is 8. The minimum absolute atomic E-state index is 0.0330. The lowest BCUT2D eigenvalue weighted by molar-refractivity contribution is -0.138. The molecule has 0 aromatic heterocycles. The van der Waals surface area contributed by atoms with Gasteiger partial charge in [0.15, 0.2) is 5.96 Å². The van der Waals surface area contributed by atoms with E-state index in [0.717, 1.165) is 0 Å². The molecular weight excluding hydrogens is 288 g/mol. The topological polar surface area (TPSA) is 144 Å². The second kappa shape index (κ2) is 8.50. The van der Waals surface area contributed by atoms with Gasteiger partial charge < -0.3 is 26.4 Å². The standard InChI is InChI=1S/C14H20N4O4/c1-22-12-6-2-5-11(19)9(12)8-18-10(13(20)21)4-3-7-17-14(15)16/h2,5-6,8,10,19H,3-4,7H2,1H3,(H,20,21)(H4,15,16,17). The fourth-order valence-electron chi connectivity index (χ4n) is 1.76. The molecule has 1 aromatic carbocycles. The van der Waals surface area contributed by atoms with Crippen LogP contribution in [-0.2, 0) is 4.79 Å². The van der Waals surface area contributed by atoms with Crippen molar-refractivity contribution in [2.24, 2.45) is 21.5 Å². The summed E-state index contributed by atoms with van der Waals surface area (Å²) >= 11 is 0. The SMILES string of the molecule is COc1cccc(O)c1C=NC(CCCN=C(N)N)C(=O)O. The molecule has 6 N–H and O–H groups in total. The maximum Gasteiger partial charge on any atom is 0.328 e. The maximum atomic E-state index is 11.2. The zero-order valence-electron chi connectivity index (χ0n) is 12.3. The van der Waals surface area contributed by atoms with Crippen molar-refractivity contribution < 1.29 is 19.7 Å². The first-order chi connectivity index (χ1) is 10.5. The lowest BCUT2D eigenvalue weighted by Gasteiger charge is -2.08. The van der Waals surface area contributed by atoms with Gasteiger partial charge in [0.05, 0.1) is 12.7 Å². The van der Waals surface area contributed by atoms with Gasteiger partial charge in [0.2, 0.25) is 0 Å². The number of carboxylic acids is 1. The number of phenolic OH excluding ortho intramolecular Hbond substituents is 1. The Morgan fingerprint density at radius 3 is 2.77 bits per heavy atom. The molecule has 8 nitrogen and oxygen atoms in total. The smallest absolute Gasteiger partial charge is 0.328 e. The average Bonchev–Trinajstić information content (AvgIpc) is 2.46. The van der Waals surface area contributed by atoms with Crippen LogP contribution in [0.2, 0.25) is 0 Å². The number of ether oxygens (including phenoxy) is 1. The molecule has 1 atom stereocenters. The van der Waals surface area contributed by atoms with Gasteiger partial charge in [-0.3, -0.25) is 9.98 Å². The van der Waals surface area contributed by atoms with E-state index in [-0.39, 0.29) is 18.1 Å². The van der Waals surface area contributed by atoms with E-state index in [4.69, 9.17) is 21.3 Å². The summed E-state index contributed by atoms with van der Waals surface area (Å²) in [7, 11) is 1.45. The zero-order valence-corrected chi connectivity index (χ0v) is 12.3. The molecule has 0 radical (unpaired) electrons. The van der Waals surface area contributed by atoms with E-state index in [1.54, 1.807) is 12.1 Å². The number of aliphatic carboxylic acids is 1. The van der Waals surface area contributed by atoms with Gasteiger partial charge in [-0.15, -0.1) is 0 Å². The van der Waals surface area contributed by atoms with E-state index in [9.17, 15) is 9.90 Å². The largest absolute Gasteiger partial charge is 0.507 e. The van der Waals surface area contributed by atoms with Gasteiger partial charge in [0, 0.05) is 12.8 Å². The van der Waals surface area contributed by atoms with Gasteiger partial charge in [-0.2, -0.15) is 0 Å². The summed E-state index contributed by atoms with van der Waals surface area (Å²) in [6.07, 6.45) is 2.05. The van der Waals surface area contributed by atoms with E-state index < -0.39 is 12.0 Å². The molecule has 0 spiro atoms. The highest BCUT2D eigenvalue weighted by atomic mass is 16.5. The lowest BCUT2D eigenvalue weighted by atomic mass is 10.1. The highest BCUT2D eigenvalue weighted by Crippen LogP contribution is 2.25. The molecule has 120 valence electrons. The third-order valence-corrected chi connectivity index (χ3v) is 2.86. The van der Waals surface area contributed by atoms with Crippen LogP contribution >= 0.6 is 0 Å². The minimum Gasteiger partial charge on any atom is -0.507 e. The zero-order chi connectivity index (χ0) is 16.5. The number of aromatic hydroxyl groups is 1. The van der Waals surface area contributed by atoms with Crippen molar-refractivity contribution in [2.75, 3.05) is 13.7 Å². The van der Waals surface area contributed by atoms with E-state index in [1.807, 2.05) is 0 Å². The molecular formula is C14H20N4O4. The Balaban J connectivity index is 2.79. The molecule has 1 unspecified atom stereocenters. The van der Waals surface area contributed by atoms with Gasteiger partial charge in [-0.1, -0.05) is 6.07 Å². The number of aliphatic imine (C=N–C) groups is 2. The van der Waals surface area contributed by atoms with Crippen molar-refractivity contribution in [2.45, 2.75) is 18.9 Å². The summed E-state index contributed by atoms with van der Waals surface area (Å²) in [5, 5.41) is 18.9. The van der Waals surface area contributed by atoms with Crippen LogP contribution < -0.4 is 16.2 Å². The Kier molecular flexibility index (Phi) is 6.68. The summed E-state index contributed by atoms with van der Waals surface area (Å²) < 4.78 is 5.10. The normalized spacial score (nSPS) is 12.0. The Bertz CT molecular complexity index is 568. The van der Waals surface area contributed by atoms with E-state index in [0.29, 0.717) is 24.3 Å². The van der Waals surface area contributed by atoms with Crippen molar-refractivity contribution in [1.29, 1.82) is 0 Å². The highest BCUT2D eigenvalue weighted by Gasteiger charge is 2.15. The molecule has 0 aliphatic rings. The van der Waals surface area contributed by atoms with Crippen LogP contribution in [0, 0.1) is 0 Å². The second-order valence-corrected chi connectivity index (χ2v) is 4.47. The van der Waals surface area contributed by atoms with Gasteiger partial charge in [0.25, 0.3) is 0 Å². The third-order valence-electron chi connectivity index (χ3n) is 2.86. The van der Waals surface area contributed by atoms with Crippen molar-refractivity contribution in [3.8, 4) is 11.5 Å². The van der Waals surface area contributed by atoms with E-state index in [2.05, 4.69) is 9.98 Å². The van der Waals surface area contributed by atoms with E-state index >= 15 is 0 Å². The van der Waals surface area contributed by atoms with Gasteiger partial charge in [-0.25, -0.2) is 4.79 Å². The molecule has 0 bridgehead atoms. The third kappa shape index (κ3) is 5.31. The fourth-order valence-corrected chi connectivity index (χ4v) is 1.76. The molecule has 1 aromatic rings. The Morgan fingerprint density at radius 1 is 1.45 bits per heavy atom. The number of carbonyl (C=O) groups is 1. The van der Waals surface area contributed by atoms with Crippen LogP contribution in [0.25, 0.3) is 0 Å². The Hall–Kier alpha value is -2.77. The van der Waals surface area contributed by atoms with Crippen molar-refractivity contribution in [1.82, 2.24) is 0 Å². The van der Waals surface area contributed by atoms with Crippen LogP contribution in [0.3, 0.4) is 0 Å². The quantitative estimate of drug-likeness (QED) is 0.309. The van der Waals surface area contributed by atoms with Crippen molar-refractivity contribution in [3.63, 3.8) is 0 Å². The first kappa shape index (κ1) is 17.3. The molecule has 0 saturated carbocycles. The average molecular weight is 308 g/mol. The number of guanidine groups is 1. The predicted molar refractivity (Wildman–Crippen MR) is 83.6 cm³/mol. The lowest BCUT2D eigenvalue weighted by Crippen LogP contribution is -2.23. The van der Waals surface area contributed by atoms with Crippen LogP contribution in [0.1, 0.15) is 18.4 Å². The number of phenols is 1. The molecule has 0 heterocycles. The van der Waals surface area contributed by atoms with Crippen molar-refractivity contribution in [3.05, 3.63) is 23.8 Å². The molecule has 0 aliphatic heterocycles. The first-order valence-corrected chi connectivity index (χ1v) is 6.63. The first-order valence-electron chi connectivity index (χ1n) is 6.63. The van der Waals surface area contributed by atoms with E-state index in [1.165, 1.54) is 19.4 Å². The summed E-state index contributed by atoms with van der Waals surface area (Å²) in [4.78, 5) is 19.0. The van der Waals surface area contributed by atoms with Gasteiger partial charge in [0.1, 0.15) is 17.5 Å². The number of hydrogen-bond acceptors (Lipinski definition) is 5. The van der Waals surface area contributed by atoms with Crippen molar-refractivity contribution >= 4 is 18.1 Å². The summed E-state index contributed by atoms with van der Waals surface area (Å²) in [5.74, 6) is -0.717. The highest BCUT2D eigenvalue weighted by molar-refractivity contribution is 5.89. The molecule has 22 heavy (non-hydrogen) atoms. The number of nitrogens with zero attached hydrogens (tertiary/aromatic N) is 2.